The minimum absolute atomic E-state index is 0.172. The van der Waals surface area contributed by atoms with Crippen LogP contribution in [0.25, 0.3) is 0 Å². The number of aryl methyl sites for hydroxylation is 1. The highest BCUT2D eigenvalue weighted by molar-refractivity contribution is 7.16. The molecule has 0 radical (unpaired) electrons. The molecule has 1 N–H and O–H groups in total. The van der Waals surface area contributed by atoms with Crippen LogP contribution in [0.5, 0.6) is 0 Å². The van der Waals surface area contributed by atoms with Gasteiger partial charge >= 0.3 is 5.97 Å². The highest BCUT2D eigenvalue weighted by atomic mass is 35.5. The lowest BCUT2D eigenvalue weighted by Crippen LogP contribution is -2.35. The van der Waals surface area contributed by atoms with Crippen molar-refractivity contribution in [3.63, 3.8) is 0 Å². The maximum atomic E-state index is 12.9. The Kier molecular flexibility index (Phi) is 7.83. The Morgan fingerprint density at radius 1 is 1.21 bits per heavy atom. The number of alkyl halides is 1. The molecule has 148 valence electrons. The van der Waals surface area contributed by atoms with Gasteiger partial charge in [0.25, 0.3) is 5.91 Å². The largest absolute Gasteiger partial charge is 0.465 e. The molecule has 0 spiro atoms. The van der Waals surface area contributed by atoms with Crippen molar-refractivity contribution in [1.29, 1.82) is 0 Å². The first kappa shape index (κ1) is 21.7. The molecule has 1 aromatic heterocycles. The number of thiophene rings is 1. The minimum atomic E-state index is -1.34. The monoisotopic (exact) mass is 421 g/mol. The molecule has 1 aromatic carbocycles. The molecule has 9 heteroatoms. The predicted octanol–water partition coefficient (Wildman–Crippen LogP) is 3.92. The molecule has 0 aliphatic carbocycles. The summed E-state index contributed by atoms with van der Waals surface area (Å²) in [5.74, 6) is -1.43. The fourth-order valence-electron chi connectivity index (χ4n) is 2.29. The lowest BCUT2D eigenvalue weighted by atomic mass is 10.0. The maximum absolute atomic E-state index is 12.9. The number of halogens is 1. The van der Waals surface area contributed by atoms with Gasteiger partial charge in [0, 0.05) is 10.4 Å². The van der Waals surface area contributed by atoms with Crippen molar-refractivity contribution in [2.75, 3.05) is 13.2 Å². The summed E-state index contributed by atoms with van der Waals surface area (Å²) in [6.45, 7) is 5.29. The second kappa shape index (κ2) is 10.1. The number of nitrogens with one attached hydrogen (secondary N) is 1. The van der Waals surface area contributed by atoms with Crippen molar-refractivity contribution in [1.82, 2.24) is 5.32 Å². The zero-order valence-electron chi connectivity index (χ0n) is 15.7. The first-order valence-electron chi connectivity index (χ1n) is 8.53. The fourth-order valence-corrected chi connectivity index (χ4v) is 3.39. The zero-order valence-corrected chi connectivity index (χ0v) is 17.3. The van der Waals surface area contributed by atoms with Gasteiger partial charge in [-0.05, 0) is 26.3 Å². The molecule has 1 heterocycles. The van der Waals surface area contributed by atoms with E-state index in [0.717, 1.165) is 10.4 Å². The average molecular weight is 422 g/mol. The Morgan fingerprint density at radius 2 is 1.89 bits per heavy atom. The van der Waals surface area contributed by atoms with Gasteiger partial charge in [0.2, 0.25) is 5.50 Å². The number of nitrogens with zero attached hydrogens (tertiary/aromatic N) is 2. The molecule has 0 fully saturated rings. The number of hydrogen-bond donors (Lipinski definition) is 1. The first-order valence-corrected chi connectivity index (χ1v) is 9.78. The lowest BCUT2D eigenvalue weighted by molar-refractivity contribution is -0.143. The van der Waals surface area contributed by atoms with Gasteiger partial charge < -0.3 is 10.1 Å². The topological polar surface area (TPSA) is 97.2 Å². The lowest BCUT2D eigenvalue weighted by Gasteiger charge is -2.06. The molecule has 0 aliphatic rings. The third kappa shape index (κ3) is 5.46. The molecule has 28 heavy (non-hydrogen) atoms. The third-order valence-corrected chi connectivity index (χ3v) is 5.19. The van der Waals surface area contributed by atoms with E-state index in [1.807, 2.05) is 19.9 Å². The number of ether oxygens (including phenoxy) is 1. The summed E-state index contributed by atoms with van der Waals surface area (Å²) in [7, 11) is 0. The van der Waals surface area contributed by atoms with Crippen molar-refractivity contribution in [3.05, 3.63) is 51.9 Å². The molecular formula is C19H20ClN3O4S. The zero-order chi connectivity index (χ0) is 20.7. The molecule has 7 nitrogen and oxygen atoms in total. The van der Waals surface area contributed by atoms with Crippen molar-refractivity contribution >= 4 is 45.6 Å². The number of azo groups is 1. The van der Waals surface area contributed by atoms with E-state index in [4.69, 9.17) is 16.3 Å². The summed E-state index contributed by atoms with van der Waals surface area (Å²) in [5, 5.41) is 10.5. The first-order chi connectivity index (χ1) is 13.3. The van der Waals surface area contributed by atoms with Crippen LogP contribution < -0.4 is 5.32 Å². The van der Waals surface area contributed by atoms with Crippen molar-refractivity contribution in [3.8, 4) is 0 Å². The van der Waals surface area contributed by atoms with Gasteiger partial charge in [-0.2, -0.15) is 5.11 Å². The van der Waals surface area contributed by atoms with E-state index < -0.39 is 17.4 Å². The molecular weight excluding hydrogens is 402 g/mol. The van der Waals surface area contributed by atoms with Crippen LogP contribution in [-0.2, 0) is 14.3 Å². The SMILES string of the molecule is CCOC(=O)CNC(=O)C(Cl)N=Nc1sc(C)c(C)c1C(=O)c1ccccc1. The Balaban J connectivity index is 2.15. The molecule has 2 aromatic rings. The number of benzene rings is 1. The van der Waals surface area contributed by atoms with Crippen molar-refractivity contribution in [2.24, 2.45) is 10.2 Å². The van der Waals surface area contributed by atoms with Gasteiger partial charge in [-0.25, -0.2) is 0 Å². The van der Waals surface area contributed by atoms with Crippen LogP contribution in [0.15, 0.2) is 40.6 Å². The maximum Gasteiger partial charge on any atom is 0.325 e. The summed E-state index contributed by atoms with van der Waals surface area (Å²) < 4.78 is 4.71. The molecule has 0 bridgehead atoms. The van der Waals surface area contributed by atoms with Crippen LogP contribution in [0.2, 0.25) is 0 Å². The van der Waals surface area contributed by atoms with Crippen LogP contribution in [-0.4, -0.2) is 36.3 Å². The Hall–Kier alpha value is -2.58. The van der Waals surface area contributed by atoms with Crippen LogP contribution in [0.1, 0.15) is 33.3 Å². The van der Waals surface area contributed by atoms with E-state index in [1.54, 1.807) is 31.2 Å². The van der Waals surface area contributed by atoms with Gasteiger partial charge in [-0.3, -0.25) is 14.4 Å². The third-order valence-electron chi connectivity index (χ3n) is 3.81. The molecule has 0 aliphatic heterocycles. The van der Waals surface area contributed by atoms with Crippen LogP contribution in [0.3, 0.4) is 0 Å². The molecule has 2 rings (SSSR count). The highest BCUT2D eigenvalue weighted by Crippen LogP contribution is 2.36. The molecule has 1 atom stereocenters. The van der Waals surface area contributed by atoms with E-state index in [-0.39, 0.29) is 18.9 Å². The quantitative estimate of drug-likeness (QED) is 0.229. The van der Waals surface area contributed by atoms with Crippen molar-refractivity contribution in [2.45, 2.75) is 26.3 Å². The molecule has 0 saturated carbocycles. The van der Waals surface area contributed by atoms with Gasteiger partial charge in [0.05, 0.1) is 12.2 Å². The number of amides is 1. The van der Waals surface area contributed by atoms with Crippen LogP contribution in [0.4, 0.5) is 5.00 Å². The average Bonchev–Trinajstić information content (AvgIpc) is 2.98. The van der Waals surface area contributed by atoms with Gasteiger partial charge in [0.1, 0.15) is 11.5 Å². The number of ketones is 1. The van der Waals surface area contributed by atoms with E-state index in [2.05, 4.69) is 15.5 Å². The van der Waals surface area contributed by atoms with E-state index in [0.29, 0.717) is 16.1 Å². The Bertz CT molecular complexity index is 896. The predicted molar refractivity (Wildman–Crippen MR) is 107 cm³/mol. The van der Waals surface area contributed by atoms with E-state index in [9.17, 15) is 14.4 Å². The summed E-state index contributed by atoms with van der Waals surface area (Å²) >= 11 is 7.23. The Morgan fingerprint density at radius 3 is 2.54 bits per heavy atom. The normalized spacial score (nSPS) is 12.0. The summed E-state index contributed by atoms with van der Waals surface area (Å²) in [5.41, 5.74) is 0.449. The smallest absolute Gasteiger partial charge is 0.325 e. The second-order valence-electron chi connectivity index (χ2n) is 5.73. The Labute approximate surface area is 171 Å². The number of esters is 1. The minimum Gasteiger partial charge on any atom is -0.465 e. The number of carbonyl (C=O) groups excluding carboxylic acids is 3. The summed E-state index contributed by atoms with van der Waals surface area (Å²) in [6.07, 6.45) is 0. The second-order valence-corrected chi connectivity index (χ2v) is 7.35. The summed E-state index contributed by atoms with van der Waals surface area (Å²) in [4.78, 5) is 37.0. The molecule has 1 unspecified atom stereocenters. The standard InChI is InChI=1S/C19H20ClN3O4S/c1-4-27-14(24)10-21-18(26)17(20)22-23-19-15(11(2)12(3)28-19)16(25)13-8-6-5-7-9-13/h5-9,17H,4,10H2,1-3H3,(H,21,26). The van der Waals surface area contributed by atoms with Crippen molar-refractivity contribution < 1.29 is 19.1 Å². The highest BCUT2D eigenvalue weighted by Gasteiger charge is 2.22. The number of rotatable bonds is 8. The molecule has 0 saturated heterocycles. The van der Waals surface area contributed by atoms with Gasteiger partial charge in [-0.15, -0.1) is 16.5 Å². The van der Waals surface area contributed by atoms with Crippen LogP contribution >= 0.6 is 22.9 Å². The molecule has 1 amide bonds. The fraction of sp³-hybridized carbons (Fsp3) is 0.316. The van der Waals surface area contributed by atoms with Gasteiger partial charge in [-0.1, -0.05) is 41.9 Å². The van der Waals surface area contributed by atoms with E-state index in [1.165, 1.54) is 11.3 Å². The van der Waals surface area contributed by atoms with E-state index >= 15 is 0 Å². The number of carbonyl (C=O) groups is 3. The summed E-state index contributed by atoms with van der Waals surface area (Å²) in [6, 6.07) is 8.85. The number of hydrogen-bond acceptors (Lipinski definition) is 7. The van der Waals surface area contributed by atoms with Crippen LogP contribution in [0, 0.1) is 13.8 Å². The van der Waals surface area contributed by atoms with Gasteiger partial charge in [0.15, 0.2) is 5.78 Å².